The van der Waals surface area contributed by atoms with Crippen LogP contribution in [0.4, 0.5) is 0 Å². The highest BCUT2D eigenvalue weighted by Gasteiger charge is 2.39. The van der Waals surface area contributed by atoms with Crippen molar-refractivity contribution in [1.29, 1.82) is 0 Å². The fourth-order valence-electron chi connectivity index (χ4n) is 3.60. The van der Waals surface area contributed by atoms with Crippen molar-refractivity contribution in [2.75, 3.05) is 26.2 Å². The van der Waals surface area contributed by atoms with Gasteiger partial charge in [0.15, 0.2) is 0 Å². The SMILES string of the molecule is CCC1NC(C)N(CC2CN3CCCC3CO2)C1=O. The minimum atomic E-state index is -0.00174. The number of carbonyl (C=O) groups is 1. The third-order valence-corrected chi connectivity index (χ3v) is 4.76. The molecule has 1 N–H and O–H groups in total. The summed E-state index contributed by atoms with van der Waals surface area (Å²) in [6, 6.07) is 0.627. The van der Waals surface area contributed by atoms with Crippen molar-refractivity contribution in [2.45, 2.75) is 57.5 Å². The number of amides is 1. The first-order chi connectivity index (χ1) is 9.19. The van der Waals surface area contributed by atoms with Crippen LogP contribution in [0.25, 0.3) is 0 Å². The lowest BCUT2D eigenvalue weighted by molar-refractivity contribution is -0.133. The van der Waals surface area contributed by atoms with Crippen LogP contribution in [-0.4, -0.2) is 66.3 Å². The predicted molar refractivity (Wildman–Crippen MR) is 72.7 cm³/mol. The lowest BCUT2D eigenvalue weighted by Gasteiger charge is -2.37. The molecule has 3 heterocycles. The van der Waals surface area contributed by atoms with Crippen LogP contribution in [0.1, 0.15) is 33.1 Å². The number of nitrogens with one attached hydrogen (secondary N) is 1. The molecule has 0 bridgehead atoms. The summed E-state index contributed by atoms with van der Waals surface area (Å²) in [7, 11) is 0. The van der Waals surface area contributed by atoms with E-state index in [1.165, 1.54) is 19.4 Å². The number of nitrogens with zero attached hydrogens (tertiary/aromatic N) is 2. The van der Waals surface area contributed by atoms with Crippen LogP contribution in [0, 0.1) is 0 Å². The highest BCUT2D eigenvalue weighted by molar-refractivity contribution is 5.84. The van der Waals surface area contributed by atoms with E-state index in [-0.39, 0.29) is 24.2 Å². The van der Waals surface area contributed by atoms with Gasteiger partial charge in [-0.2, -0.15) is 0 Å². The van der Waals surface area contributed by atoms with Crippen molar-refractivity contribution in [3.63, 3.8) is 0 Å². The molecule has 3 rings (SSSR count). The molecule has 108 valence electrons. The molecule has 19 heavy (non-hydrogen) atoms. The zero-order valence-electron chi connectivity index (χ0n) is 12.0. The Labute approximate surface area is 115 Å². The molecule has 3 aliphatic rings. The lowest BCUT2D eigenvalue weighted by atomic mass is 10.1. The van der Waals surface area contributed by atoms with Gasteiger partial charge in [-0.05, 0) is 32.7 Å². The first-order valence-corrected chi connectivity index (χ1v) is 7.61. The van der Waals surface area contributed by atoms with Crippen LogP contribution in [0.15, 0.2) is 0 Å². The maximum atomic E-state index is 12.2. The van der Waals surface area contributed by atoms with Gasteiger partial charge in [-0.25, -0.2) is 0 Å². The van der Waals surface area contributed by atoms with Gasteiger partial charge in [0, 0.05) is 19.1 Å². The molecule has 4 unspecified atom stereocenters. The number of hydrogen-bond donors (Lipinski definition) is 1. The summed E-state index contributed by atoms with van der Waals surface area (Å²) in [6.07, 6.45) is 3.74. The van der Waals surface area contributed by atoms with Gasteiger partial charge in [0.1, 0.15) is 0 Å². The Kier molecular flexibility index (Phi) is 3.78. The van der Waals surface area contributed by atoms with Crippen LogP contribution in [0.5, 0.6) is 0 Å². The van der Waals surface area contributed by atoms with Gasteiger partial charge in [-0.3, -0.25) is 15.0 Å². The average Bonchev–Trinajstić information content (AvgIpc) is 2.97. The average molecular weight is 267 g/mol. The highest BCUT2D eigenvalue weighted by Crippen LogP contribution is 2.24. The van der Waals surface area contributed by atoms with Crippen molar-refractivity contribution >= 4 is 5.91 Å². The second-order valence-electron chi connectivity index (χ2n) is 6.04. The summed E-state index contributed by atoms with van der Waals surface area (Å²) in [4.78, 5) is 16.7. The second-order valence-corrected chi connectivity index (χ2v) is 6.04. The molecule has 0 spiro atoms. The molecule has 5 heteroatoms. The van der Waals surface area contributed by atoms with E-state index in [0.29, 0.717) is 6.04 Å². The third kappa shape index (κ3) is 2.51. The number of fused-ring (bicyclic) bond motifs is 1. The first kappa shape index (κ1) is 13.3. The van der Waals surface area contributed by atoms with Crippen molar-refractivity contribution in [2.24, 2.45) is 0 Å². The molecule has 3 saturated heterocycles. The largest absolute Gasteiger partial charge is 0.373 e. The Balaban J connectivity index is 1.58. The summed E-state index contributed by atoms with van der Waals surface area (Å²) in [5.74, 6) is 0.238. The van der Waals surface area contributed by atoms with Crippen molar-refractivity contribution in [3.05, 3.63) is 0 Å². The molecule has 0 aromatic rings. The number of morpholine rings is 1. The fourth-order valence-corrected chi connectivity index (χ4v) is 3.60. The maximum Gasteiger partial charge on any atom is 0.241 e. The smallest absolute Gasteiger partial charge is 0.241 e. The van der Waals surface area contributed by atoms with E-state index in [1.54, 1.807) is 0 Å². The Hall–Kier alpha value is -0.650. The molecule has 3 fully saturated rings. The topological polar surface area (TPSA) is 44.8 Å². The van der Waals surface area contributed by atoms with Gasteiger partial charge < -0.3 is 9.64 Å². The van der Waals surface area contributed by atoms with Gasteiger partial charge in [-0.15, -0.1) is 0 Å². The number of ether oxygens (including phenoxy) is 1. The molecule has 0 aromatic carbocycles. The molecule has 1 amide bonds. The predicted octanol–water partition coefficient (Wildman–Crippen LogP) is 0.406. The lowest BCUT2D eigenvalue weighted by Crippen LogP contribution is -2.51. The minimum Gasteiger partial charge on any atom is -0.373 e. The van der Waals surface area contributed by atoms with Gasteiger partial charge in [0.05, 0.1) is 24.9 Å². The number of rotatable bonds is 3. The Bertz CT molecular complexity index is 350. The molecule has 0 aromatic heterocycles. The first-order valence-electron chi connectivity index (χ1n) is 7.61. The number of carbonyl (C=O) groups excluding carboxylic acids is 1. The van der Waals surface area contributed by atoms with Gasteiger partial charge in [0.2, 0.25) is 5.91 Å². The third-order valence-electron chi connectivity index (χ3n) is 4.76. The summed E-state index contributed by atoms with van der Waals surface area (Å²) < 4.78 is 5.96. The summed E-state index contributed by atoms with van der Waals surface area (Å²) in [5, 5.41) is 3.35. The minimum absolute atomic E-state index is 0.00174. The highest BCUT2D eigenvalue weighted by atomic mass is 16.5. The molecular weight excluding hydrogens is 242 g/mol. The van der Waals surface area contributed by atoms with Crippen LogP contribution in [-0.2, 0) is 9.53 Å². The normalized spacial score (nSPS) is 39.9. The Morgan fingerprint density at radius 3 is 3.05 bits per heavy atom. The van der Waals surface area contributed by atoms with Gasteiger partial charge in [-0.1, -0.05) is 6.92 Å². The van der Waals surface area contributed by atoms with E-state index in [0.717, 1.165) is 26.1 Å². The molecular formula is C14H25N3O2. The molecule has 0 radical (unpaired) electrons. The quantitative estimate of drug-likeness (QED) is 0.804. The van der Waals surface area contributed by atoms with Crippen LogP contribution in [0.2, 0.25) is 0 Å². The van der Waals surface area contributed by atoms with Crippen molar-refractivity contribution in [1.82, 2.24) is 15.1 Å². The van der Waals surface area contributed by atoms with E-state index in [1.807, 2.05) is 4.90 Å². The van der Waals surface area contributed by atoms with Crippen LogP contribution in [0.3, 0.4) is 0 Å². The summed E-state index contributed by atoms with van der Waals surface area (Å²) in [5.41, 5.74) is 0. The molecule has 3 aliphatic heterocycles. The van der Waals surface area contributed by atoms with Crippen molar-refractivity contribution in [3.8, 4) is 0 Å². The van der Waals surface area contributed by atoms with E-state index in [9.17, 15) is 4.79 Å². The maximum absolute atomic E-state index is 12.2. The van der Waals surface area contributed by atoms with Crippen LogP contribution >= 0.6 is 0 Å². The molecule has 0 saturated carbocycles. The zero-order valence-corrected chi connectivity index (χ0v) is 12.0. The molecule has 0 aliphatic carbocycles. The second kappa shape index (κ2) is 5.38. The fraction of sp³-hybridized carbons (Fsp3) is 0.929. The number of hydrogen-bond acceptors (Lipinski definition) is 4. The van der Waals surface area contributed by atoms with Crippen molar-refractivity contribution < 1.29 is 9.53 Å². The van der Waals surface area contributed by atoms with Gasteiger partial charge in [0.25, 0.3) is 0 Å². The van der Waals surface area contributed by atoms with E-state index in [4.69, 9.17) is 4.74 Å². The summed E-state index contributed by atoms with van der Waals surface area (Å²) in [6.45, 7) is 7.87. The monoisotopic (exact) mass is 267 g/mol. The zero-order chi connectivity index (χ0) is 13.4. The molecule has 4 atom stereocenters. The Morgan fingerprint density at radius 2 is 2.32 bits per heavy atom. The Morgan fingerprint density at radius 1 is 1.47 bits per heavy atom. The van der Waals surface area contributed by atoms with Gasteiger partial charge >= 0.3 is 0 Å². The van der Waals surface area contributed by atoms with E-state index in [2.05, 4.69) is 24.1 Å². The van der Waals surface area contributed by atoms with E-state index >= 15 is 0 Å². The van der Waals surface area contributed by atoms with Crippen LogP contribution < -0.4 is 5.32 Å². The van der Waals surface area contributed by atoms with E-state index < -0.39 is 0 Å². The standard InChI is InChI=1S/C14H25N3O2/c1-3-13-14(18)17(10(2)15-13)8-12-7-16-6-4-5-11(16)9-19-12/h10-13,15H,3-9H2,1-2H3. The summed E-state index contributed by atoms with van der Waals surface area (Å²) >= 11 is 0. The molecule has 5 nitrogen and oxygen atoms in total.